The van der Waals surface area contributed by atoms with Crippen molar-refractivity contribution < 1.29 is 14.3 Å². The Balaban J connectivity index is 2.29. The van der Waals surface area contributed by atoms with Crippen molar-refractivity contribution in [2.24, 2.45) is 0 Å². The fraction of sp³-hybridized carbons (Fsp3) is 0.133. The molecule has 0 unspecified atom stereocenters. The SMILES string of the molecule is COc1cc(N)c(NC(=O)c2ccc(Cl)c(Cl)c2)cc1OC. The van der Waals surface area contributed by atoms with Crippen LogP contribution in [0.25, 0.3) is 0 Å². The fourth-order valence-electron chi connectivity index (χ4n) is 1.83. The summed E-state index contributed by atoms with van der Waals surface area (Å²) in [4.78, 5) is 12.2. The minimum atomic E-state index is -0.363. The molecule has 1 amide bonds. The summed E-state index contributed by atoms with van der Waals surface area (Å²) < 4.78 is 10.3. The second-order valence-corrected chi connectivity index (χ2v) is 5.19. The van der Waals surface area contributed by atoms with Gasteiger partial charge in [0.2, 0.25) is 0 Å². The largest absolute Gasteiger partial charge is 0.493 e. The van der Waals surface area contributed by atoms with Crippen LogP contribution in [0.15, 0.2) is 30.3 Å². The predicted molar refractivity (Wildman–Crippen MR) is 88.4 cm³/mol. The van der Waals surface area contributed by atoms with Gasteiger partial charge in [0.1, 0.15) is 0 Å². The van der Waals surface area contributed by atoms with Crippen LogP contribution in [0.5, 0.6) is 11.5 Å². The average molecular weight is 341 g/mol. The number of halogens is 2. The molecule has 0 radical (unpaired) electrons. The van der Waals surface area contributed by atoms with Crippen molar-refractivity contribution in [3.05, 3.63) is 45.9 Å². The third-order valence-corrected chi connectivity index (χ3v) is 3.72. The molecule has 0 aliphatic rings. The Bertz CT molecular complexity index is 720. The normalized spacial score (nSPS) is 10.2. The van der Waals surface area contributed by atoms with Gasteiger partial charge in [-0.15, -0.1) is 0 Å². The second kappa shape index (κ2) is 6.77. The predicted octanol–water partition coefficient (Wildman–Crippen LogP) is 3.85. The zero-order valence-corrected chi connectivity index (χ0v) is 13.5. The van der Waals surface area contributed by atoms with Gasteiger partial charge >= 0.3 is 0 Å². The number of nitrogens with two attached hydrogens (primary N) is 1. The molecule has 22 heavy (non-hydrogen) atoms. The lowest BCUT2D eigenvalue weighted by atomic mass is 10.2. The van der Waals surface area contributed by atoms with Crippen molar-refractivity contribution in [3.63, 3.8) is 0 Å². The molecule has 0 aromatic heterocycles. The number of amides is 1. The maximum atomic E-state index is 12.2. The highest BCUT2D eigenvalue weighted by atomic mass is 35.5. The zero-order chi connectivity index (χ0) is 16.3. The van der Waals surface area contributed by atoms with Crippen molar-refractivity contribution in [2.75, 3.05) is 25.3 Å². The van der Waals surface area contributed by atoms with Gasteiger partial charge < -0.3 is 20.5 Å². The van der Waals surface area contributed by atoms with E-state index in [0.717, 1.165) is 0 Å². The first-order chi connectivity index (χ1) is 10.5. The minimum absolute atomic E-state index is 0.301. The molecule has 0 bridgehead atoms. The highest BCUT2D eigenvalue weighted by molar-refractivity contribution is 6.42. The number of carbonyl (C=O) groups is 1. The van der Waals surface area contributed by atoms with Gasteiger partial charge in [-0.3, -0.25) is 4.79 Å². The zero-order valence-electron chi connectivity index (χ0n) is 11.9. The van der Waals surface area contributed by atoms with Crippen LogP contribution in [-0.2, 0) is 0 Å². The molecule has 3 N–H and O–H groups in total. The van der Waals surface area contributed by atoms with E-state index in [9.17, 15) is 4.79 Å². The summed E-state index contributed by atoms with van der Waals surface area (Å²) in [5.41, 5.74) is 7.03. The van der Waals surface area contributed by atoms with E-state index < -0.39 is 0 Å². The van der Waals surface area contributed by atoms with Crippen LogP contribution in [0, 0.1) is 0 Å². The van der Waals surface area contributed by atoms with E-state index in [2.05, 4.69) is 5.32 Å². The van der Waals surface area contributed by atoms with E-state index in [0.29, 0.717) is 38.5 Å². The number of methoxy groups -OCH3 is 2. The lowest BCUT2D eigenvalue weighted by Gasteiger charge is -2.13. The number of rotatable bonds is 4. The molecular formula is C15H14Cl2N2O3. The van der Waals surface area contributed by atoms with Gasteiger partial charge in [-0.1, -0.05) is 23.2 Å². The lowest BCUT2D eigenvalue weighted by Crippen LogP contribution is -2.13. The summed E-state index contributed by atoms with van der Waals surface area (Å²) in [6.07, 6.45) is 0. The van der Waals surface area contributed by atoms with E-state index in [1.54, 1.807) is 24.3 Å². The summed E-state index contributed by atoms with van der Waals surface area (Å²) in [5, 5.41) is 3.38. The molecule has 2 rings (SSSR count). The summed E-state index contributed by atoms with van der Waals surface area (Å²) in [7, 11) is 3.00. The molecule has 2 aromatic carbocycles. The molecule has 0 aliphatic heterocycles. The van der Waals surface area contributed by atoms with Crippen LogP contribution in [-0.4, -0.2) is 20.1 Å². The lowest BCUT2D eigenvalue weighted by molar-refractivity contribution is 0.102. The van der Waals surface area contributed by atoms with Gasteiger partial charge in [-0.05, 0) is 18.2 Å². The Morgan fingerprint density at radius 1 is 1.05 bits per heavy atom. The van der Waals surface area contributed by atoms with Crippen LogP contribution in [0.2, 0.25) is 10.0 Å². The van der Waals surface area contributed by atoms with Gasteiger partial charge in [0.05, 0.1) is 35.6 Å². The maximum absolute atomic E-state index is 12.2. The highest BCUT2D eigenvalue weighted by Gasteiger charge is 2.13. The molecule has 0 spiro atoms. The van der Waals surface area contributed by atoms with Gasteiger partial charge in [0, 0.05) is 17.7 Å². The summed E-state index contributed by atoms with van der Waals surface area (Å²) in [6, 6.07) is 7.76. The molecule has 5 nitrogen and oxygen atoms in total. The standard InChI is InChI=1S/C15H14Cl2N2O3/c1-21-13-6-11(18)12(7-14(13)22-2)19-15(20)8-3-4-9(16)10(17)5-8/h3-7H,18H2,1-2H3,(H,19,20). The van der Waals surface area contributed by atoms with Crippen LogP contribution in [0.3, 0.4) is 0 Å². The summed E-state index contributed by atoms with van der Waals surface area (Å²) in [6.45, 7) is 0. The van der Waals surface area contributed by atoms with Crippen molar-refractivity contribution >= 4 is 40.5 Å². The maximum Gasteiger partial charge on any atom is 0.255 e. The van der Waals surface area contributed by atoms with Gasteiger partial charge in [-0.2, -0.15) is 0 Å². The van der Waals surface area contributed by atoms with Crippen molar-refractivity contribution in [1.82, 2.24) is 0 Å². The third-order valence-electron chi connectivity index (χ3n) is 2.99. The van der Waals surface area contributed by atoms with Gasteiger partial charge in [-0.25, -0.2) is 0 Å². The topological polar surface area (TPSA) is 73.6 Å². The molecule has 0 aliphatic carbocycles. The number of nitrogen functional groups attached to an aromatic ring is 1. The molecule has 0 atom stereocenters. The number of anilines is 2. The van der Waals surface area contributed by atoms with Crippen LogP contribution < -0.4 is 20.5 Å². The quantitative estimate of drug-likeness (QED) is 0.829. The molecule has 0 saturated carbocycles. The highest BCUT2D eigenvalue weighted by Crippen LogP contribution is 2.35. The Hall–Kier alpha value is -2.11. The Labute approximate surface area is 137 Å². The third kappa shape index (κ3) is 3.37. The first-order valence-corrected chi connectivity index (χ1v) is 6.99. The number of hydrogen-bond acceptors (Lipinski definition) is 4. The van der Waals surface area contributed by atoms with E-state index in [4.69, 9.17) is 38.4 Å². The van der Waals surface area contributed by atoms with Gasteiger partial charge in [0.25, 0.3) is 5.91 Å². The van der Waals surface area contributed by atoms with Crippen molar-refractivity contribution in [1.29, 1.82) is 0 Å². The monoisotopic (exact) mass is 340 g/mol. The number of hydrogen-bond donors (Lipinski definition) is 2. The second-order valence-electron chi connectivity index (χ2n) is 4.38. The number of nitrogens with one attached hydrogen (secondary N) is 1. The summed E-state index contributed by atoms with van der Waals surface area (Å²) in [5.74, 6) is 0.575. The van der Waals surface area contributed by atoms with E-state index >= 15 is 0 Å². The minimum Gasteiger partial charge on any atom is -0.493 e. The molecule has 116 valence electrons. The van der Waals surface area contributed by atoms with E-state index in [1.807, 2.05) is 0 Å². The van der Waals surface area contributed by atoms with Crippen LogP contribution >= 0.6 is 23.2 Å². The van der Waals surface area contributed by atoms with Crippen LogP contribution in [0.1, 0.15) is 10.4 Å². The molecule has 7 heteroatoms. The molecule has 0 saturated heterocycles. The molecule has 0 heterocycles. The van der Waals surface area contributed by atoms with Crippen molar-refractivity contribution in [2.45, 2.75) is 0 Å². The molecule has 2 aromatic rings. The van der Waals surface area contributed by atoms with E-state index in [-0.39, 0.29) is 5.91 Å². The first-order valence-electron chi connectivity index (χ1n) is 6.24. The first kappa shape index (κ1) is 16.3. The molecular weight excluding hydrogens is 327 g/mol. The van der Waals surface area contributed by atoms with Crippen LogP contribution in [0.4, 0.5) is 11.4 Å². The fourth-order valence-corrected chi connectivity index (χ4v) is 2.13. The van der Waals surface area contributed by atoms with Crippen molar-refractivity contribution in [3.8, 4) is 11.5 Å². The average Bonchev–Trinajstić information content (AvgIpc) is 2.51. The smallest absolute Gasteiger partial charge is 0.255 e. The van der Waals surface area contributed by atoms with Gasteiger partial charge in [0.15, 0.2) is 11.5 Å². The Morgan fingerprint density at radius 2 is 1.68 bits per heavy atom. The number of carbonyl (C=O) groups excluding carboxylic acids is 1. The molecule has 0 fully saturated rings. The number of ether oxygens (including phenoxy) is 2. The Morgan fingerprint density at radius 3 is 2.27 bits per heavy atom. The van der Waals surface area contributed by atoms with E-state index in [1.165, 1.54) is 20.3 Å². The Kier molecular flexibility index (Phi) is 5.00. The summed E-state index contributed by atoms with van der Waals surface area (Å²) >= 11 is 11.7. The number of benzene rings is 2.